The molecule has 0 bridgehead atoms. The van der Waals surface area contributed by atoms with Crippen molar-refractivity contribution in [3.05, 3.63) is 101 Å². The molecule has 9 heteroatoms. The van der Waals surface area contributed by atoms with Crippen LogP contribution < -0.4 is 10.6 Å². The van der Waals surface area contributed by atoms with Gasteiger partial charge in [0.05, 0.1) is 12.2 Å². The van der Waals surface area contributed by atoms with E-state index < -0.39 is 0 Å². The summed E-state index contributed by atoms with van der Waals surface area (Å²) in [7, 11) is 0. The number of nitrogens with one attached hydrogen (secondary N) is 2. The summed E-state index contributed by atoms with van der Waals surface area (Å²) in [5.41, 5.74) is 10.6. The second kappa shape index (κ2) is 13.8. The van der Waals surface area contributed by atoms with E-state index in [1.165, 1.54) is 12.0 Å². The van der Waals surface area contributed by atoms with Crippen molar-refractivity contribution in [3.63, 3.8) is 0 Å². The van der Waals surface area contributed by atoms with Crippen molar-refractivity contribution in [3.8, 4) is 28.7 Å². The predicted octanol–water partition coefficient (Wildman–Crippen LogP) is 7.65. The van der Waals surface area contributed by atoms with Crippen LogP contribution in [-0.2, 0) is 13.1 Å². The standard InChI is InChI=1S/C40H41N7O2/c1-24-12-14-47(21-24)22-29-16-30-11-13-42-39(37(30)44-20-29)45-35-10-6-8-33(27(35)4)32-7-5-9-34(26(32)3)40-46-36-17-28(19-43-25(2)23-48)15-31(18-41)38(36)49-40/h5-11,13,15-17,20,24-25,43,48H,12,14,19,21-23H2,1-4H3,(H,42,45)/t24-,25-/m0/s1. The number of anilines is 2. The molecule has 9 nitrogen and oxygen atoms in total. The molecule has 3 N–H and O–H groups in total. The molecule has 0 spiro atoms. The monoisotopic (exact) mass is 651 g/mol. The zero-order valence-corrected chi connectivity index (χ0v) is 28.4. The van der Waals surface area contributed by atoms with Gasteiger partial charge >= 0.3 is 0 Å². The average Bonchev–Trinajstić information content (AvgIpc) is 3.73. The molecule has 1 saturated heterocycles. The van der Waals surface area contributed by atoms with Gasteiger partial charge in [0.2, 0.25) is 5.89 Å². The number of likely N-dealkylation sites (tertiary alicyclic amines) is 1. The number of aliphatic hydroxyl groups excluding tert-OH is 1. The number of rotatable bonds is 10. The largest absolute Gasteiger partial charge is 0.435 e. The third kappa shape index (κ3) is 6.63. The maximum Gasteiger partial charge on any atom is 0.227 e. The van der Waals surface area contributed by atoms with Crippen molar-refractivity contribution in [2.24, 2.45) is 5.92 Å². The quantitative estimate of drug-likeness (QED) is 0.137. The minimum atomic E-state index is -0.0570. The summed E-state index contributed by atoms with van der Waals surface area (Å²) in [6, 6.07) is 22.6. The number of nitrogens with zero attached hydrogens (tertiary/aromatic N) is 5. The van der Waals surface area contributed by atoms with Crippen molar-refractivity contribution in [2.75, 3.05) is 25.0 Å². The van der Waals surface area contributed by atoms with Gasteiger partial charge in [-0.3, -0.25) is 9.88 Å². The van der Waals surface area contributed by atoms with Crippen LogP contribution in [0.15, 0.2) is 77.5 Å². The van der Waals surface area contributed by atoms with E-state index in [1.807, 2.05) is 49.6 Å². The third-order valence-corrected chi connectivity index (χ3v) is 9.61. The summed E-state index contributed by atoms with van der Waals surface area (Å²) in [6.07, 6.45) is 5.08. The molecule has 0 radical (unpaired) electrons. The second-order valence-corrected chi connectivity index (χ2v) is 13.4. The summed E-state index contributed by atoms with van der Waals surface area (Å²) in [6.45, 7) is 12.2. The van der Waals surface area contributed by atoms with Crippen LogP contribution >= 0.6 is 0 Å². The summed E-state index contributed by atoms with van der Waals surface area (Å²) in [4.78, 5) is 16.9. The van der Waals surface area contributed by atoms with Gasteiger partial charge in [0.15, 0.2) is 11.4 Å². The van der Waals surface area contributed by atoms with Crippen molar-refractivity contribution in [1.29, 1.82) is 5.26 Å². The SMILES string of the molecule is Cc1c(Nc2nccc3cc(CN4CC[C@H](C)C4)cnc23)cccc1-c1cccc(-c2nc3cc(CN[C@@H](C)CO)cc(C#N)c3o2)c1C. The van der Waals surface area contributed by atoms with Gasteiger partial charge < -0.3 is 20.2 Å². The first-order chi connectivity index (χ1) is 23.8. The fraction of sp³-hybridized carbons (Fsp3) is 0.300. The highest BCUT2D eigenvalue weighted by molar-refractivity contribution is 5.91. The van der Waals surface area contributed by atoms with Crippen molar-refractivity contribution in [2.45, 2.75) is 53.2 Å². The number of aliphatic hydroxyl groups is 1. The van der Waals surface area contributed by atoms with Crippen LogP contribution in [0.1, 0.15) is 48.1 Å². The summed E-state index contributed by atoms with van der Waals surface area (Å²) in [5, 5.41) is 27.2. The Kier molecular flexibility index (Phi) is 9.11. The van der Waals surface area contributed by atoms with Gasteiger partial charge in [-0.25, -0.2) is 9.97 Å². The number of oxazole rings is 1. The number of nitriles is 1. The van der Waals surface area contributed by atoms with E-state index in [9.17, 15) is 10.4 Å². The zero-order chi connectivity index (χ0) is 34.1. The molecular formula is C40H41N7O2. The third-order valence-electron chi connectivity index (χ3n) is 9.61. The first kappa shape index (κ1) is 32.4. The lowest BCUT2D eigenvalue weighted by Gasteiger charge is -2.17. The van der Waals surface area contributed by atoms with Crippen LogP contribution in [-0.4, -0.2) is 50.7 Å². The molecule has 4 heterocycles. The highest BCUT2D eigenvalue weighted by Crippen LogP contribution is 2.37. The van der Waals surface area contributed by atoms with Gasteiger partial charge in [-0.15, -0.1) is 0 Å². The van der Waals surface area contributed by atoms with Crippen LogP contribution in [0.3, 0.4) is 0 Å². The smallest absolute Gasteiger partial charge is 0.227 e. The number of benzene rings is 3. The molecule has 7 rings (SSSR count). The number of aromatic nitrogens is 3. The molecule has 0 unspecified atom stereocenters. The van der Waals surface area contributed by atoms with E-state index >= 15 is 0 Å². The molecule has 3 aromatic heterocycles. The lowest BCUT2D eigenvalue weighted by molar-refractivity contribution is 0.251. The van der Waals surface area contributed by atoms with E-state index in [1.54, 1.807) is 0 Å². The molecule has 1 fully saturated rings. The lowest BCUT2D eigenvalue weighted by Crippen LogP contribution is -2.28. The molecule has 6 aromatic rings. The van der Waals surface area contributed by atoms with Crippen molar-refractivity contribution < 1.29 is 9.52 Å². The molecule has 1 aliphatic rings. The van der Waals surface area contributed by atoms with Crippen LogP contribution in [0, 0.1) is 31.1 Å². The molecule has 1 aliphatic heterocycles. The van der Waals surface area contributed by atoms with E-state index in [-0.39, 0.29) is 12.6 Å². The molecule has 2 atom stereocenters. The molecule has 49 heavy (non-hydrogen) atoms. The molecule has 0 amide bonds. The van der Waals surface area contributed by atoms with Gasteiger partial charge in [0.1, 0.15) is 17.1 Å². The van der Waals surface area contributed by atoms with E-state index in [4.69, 9.17) is 14.4 Å². The van der Waals surface area contributed by atoms with Gasteiger partial charge in [-0.2, -0.15) is 5.26 Å². The van der Waals surface area contributed by atoms with Crippen LogP contribution in [0.4, 0.5) is 11.5 Å². The number of fused-ring (bicyclic) bond motifs is 2. The maximum absolute atomic E-state index is 9.89. The van der Waals surface area contributed by atoms with Crippen molar-refractivity contribution in [1.82, 2.24) is 25.2 Å². The predicted molar refractivity (Wildman–Crippen MR) is 194 cm³/mol. The first-order valence-electron chi connectivity index (χ1n) is 16.9. The minimum Gasteiger partial charge on any atom is -0.435 e. The Balaban J connectivity index is 1.18. The Morgan fingerprint density at radius 2 is 1.82 bits per heavy atom. The van der Waals surface area contributed by atoms with E-state index in [0.29, 0.717) is 29.1 Å². The summed E-state index contributed by atoms with van der Waals surface area (Å²) in [5.74, 6) is 1.95. The minimum absolute atomic E-state index is 0.0338. The fourth-order valence-corrected chi connectivity index (χ4v) is 6.81. The van der Waals surface area contributed by atoms with Crippen LogP contribution in [0.2, 0.25) is 0 Å². The Morgan fingerprint density at radius 1 is 1.02 bits per heavy atom. The maximum atomic E-state index is 9.89. The first-order valence-corrected chi connectivity index (χ1v) is 16.9. The fourth-order valence-electron chi connectivity index (χ4n) is 6.81. The van der Waals surface area contributed by atoms with Crippen LogP contribution in [0.5, 0.6) is 0 Å². The Labute approximate surface area is 286 Å². The highest BCUT2D eigenvalue weighted by Gasteiger charge is 2.20. The Hall–Kier alpha value is -5.14. The number of hydrogen-bond acceptors (Lipinski definition) is 9. The Morgan fingerprint density at radius 3 is 2.59 bits per heavy atom. The van der Waals surface area contributed by atoms with E-state index in [2.05, 4.69) is 77.7 Å². The van der Waals surface area contributed by atoms with Gasteiger partial charge in [-0.05, 0) is 109 Å². The summed E-state index contributed by atoms with van der Waals surface area (Å²) < 4.78 is 6.25. The molecular weight excluding hydrogens is 610 g/mol. The highest BCUT2D eigenvalue weighted by atomic mass is 16.3. The lowest BCUT2D eigenvalue weighted by atomic mass is 9.93. The molecule has 0 aliphatic carbocycles. The van der Waals surface area contributed by atoms with Crippen molar-refractivity contribution >= 4 is 33.5 Å². The second-order valence-electron chi connectivity index (χ2n) is 13.4. The van der Waals surface area contributed by atoms with E-state index in [0.717, 1.165) is 81.3 Å². The van der Waals surface area contributed by atoms with Gasteiger partial charge in [0.25, 0.3) is 0 Å². The van der Waals surface area contributed by atoms with Crippen LogP contribution in [0.25, 0.3) is 44.6 Å². The van der Waals surface area contributed by atoms with Gasteiger partial charge in [-0.1, -0.05) is 31.2 Å². The summed E-state index contributed by atoms with van der Waals surface area (Å²) >= 11 is 0. The molecule has 248 valence electrons. The average molecular weight is 652 g/mol. The molecule has 3 aromatic carbocycles. The van der Waals surface area contributed by atoms with Gasteiger partial charge in [0, 0.05) is 54.7 Å². The molecule has 0 saturated carbocycles. The number of pyridine rings is 2. The number of hydrogen-bond donors (Lipinski definition) is 3. The normalized spacial score (nSPS) is 15.6. The topological polar surface area (TPSA) is 123 Å². The Bertz CT molecular complexity index is 2200. The zero-order valence-electron chi connectivity index (χ0n) is 28.4.